The Morgan fingerprint density at radius 1 is 1.24 bits per heavy atom. The van der Waals surface area contributed by atoms with Gasteiger partial charge in [0.15, 0.2) is 0 Å². The molecule has 102 valence electrons. The number of hydrogen-bond acceptors (Lipinski definition) is 3. The van der Waals surface area contributed by atoms with Crippen LogP contribution >= 0.6 is 0 Å². The van der Waals surface area contributed by atoms with Crippen LogP contribution in [0.1, 0.15) is 46.5 Å². The first-order valence-electron chi connectivity index (χ1n) is 6.71. The van der Waals surface area contributed by atoms with E-state index in [2.05, 4.69) is 19.2 Å². The molecule has 0 amide bonds. The molecular formula is C13H27NO2S. The summed E-state index contributed by atoms with van der Waals surface area (Å²) < 4.78 is 22.4. The molecule has 1 rings (SSSR count). The van der Waals surface area contributed by atoms with Crippen LogP contribution in [0.5, 0.6) is 0 Å². The van der Waals surface area contributed by atoms with Crippen molar-refractivity contribution in [2.45, 2.75) is 58.5 Å². The van der Waals surface area contributed by atoms with E-state index in [1.165, 1.54) is 31.9 Å². The molecule has 3 unspecified atom stereocenters. The SMILES string of the molecule is CC(CS(C)(=O)=O)NC1CCCC(C(C)C)C1. The van der Waals surface area contributed by atoms with E-state index in [1.54, 1.807) is 0 Å². The Morgan fingerprint density at radius 3 is 2.41 bits per heavy atom. The zero-order chi connectivity index (χ0) is 13.1. The van der Waals surface area contributed by atoms with E-state index in [0.29, 0.717) is 6.04 Å². The third kappa shape index (κ3) is 5.87. The summed E-state index contributed by atoms with van der Waals surface area (Å²) in [6.07, 6.45) is 6.30. The molecule has 0 spiro atoms. The van der Waals surface area contributed by atoms with Gasteiger partial charge in [0.2, 0.25) is 0 Å². The Bertz CT molecular complexity index is 324. The minimum Gasteiger partial charge on any atom is -0.310 e. The van der Waals surface area contributed by atoms with Gasteiger partial charge in [-0.2, -0.15) is 0 Å². The highest BCUT2D eigenvalue weighted by atomic mass is 32.2. The molecule has 0 aromatic heterocycles. The van der Waals surface area contributed by atoms with Gasteiger partial charge in [-0.3, -0.25) is 0 Å². The fourth-order valence-corrected chi connectivity index (χ4v) is 3.89. The van der Waals surface area contributed by atoms with Crippen LogP contribution in [0.4, 0.5) is 0 Å². The Labute approximate surface area is 106 Å². The van der Waals surface area contributed by atoms with Crippen molar-refractivity contribution < 1.29 is 8.42 Å². The second-order valence-electron chi connectivity index (χ2n) is 6.03. The molecule has 1 aliphatic rings. The van der Waals surface area contributed by atoms with Crippen molar-refractivity contribution in [3.05, 3.63) is 0 Å². The monoisotopic (exact) mass is 261 g/mol. The highest BCUT2D eigenvalue weighted by Crippen LogP contribution is 2.30. The lowest BCUT2D eigenvalue weighted by atomic mass is 9.79. The molecule has 4 heteroatoms. The second kappa shape index (κ2) is 6.19. The number of rotatable bonds is 5. The van der Waals surface area contributed by atoms with Crippen LogP contribution in [0.2, 0.25) is 0 Å². The summed E-state index contributed by atoms with van der Waals surface area (Å²) in [5.41, 5.74) is 0. The van der Waals surface area contributed by atoms with Gasteiger partial charge in [0.25, 0.3) is 0 Å². The van der Waals surface area contributed by atoms with Crippen LogP contribution < -0.4 is 5.32 Å². The van der Waals surface area contributed by atoms with Crippen LogP contribution in [-0.4, -0.2) is 32.5 Å². The Morgan fingerprint density at radius 2 is 1.88 bits per heavy atom. The minimum absolute atomic E-state index is 0.0703. The zero-order valence-corrected chi connectivity index (χ0v) is 12.4. The lowest BCUT2D eigenvalue weighted by Crippen LogP contribution is -2.43. The smallest absolute Gasteiger partial charge is 0.148 e. The van der Waals surface area contributed by atoms with Crippen molar-refractivity contribution in [2.75, 3.05) is 12.0 Å². The highest BCUT2D eigenvalue weighted by Gasteiger charge is 2.25. The maximum absolute atomic E-state index is 11.2. The molecule has 17 heavy (non-hydrogen) atoms. The number of hydrogen-bond donors (Lipinski definition) is 1. The molecule has 1 fully saturated rings. The van der Waals surface area contributed by atoms with Crippen LogP contribution in [0.25, 0.3) is 0 Å². The molecule has 0 saturated heterocycles. The summed E-state index contributed by atoms with van der Waals surface area (Å²) in [6.45, 7) is 6.54. The maximum atomic E-state index is 11.2. The van der Waals surface area contributed by atoms with E-state index >= 15 is 0 Å². The second-order valence-corrected chi connectivity index (χ2v) is 8.21. The average Bonchev–Trinajstić information content (AvgIpc) is 2.14. The van der Waals surface area contributed by atoms with Gasteiger partial charge in [0.1, 0.15) is 9.84 Å². The third-order valence-corrected chi connectivity index (χ3v) is 4.84. The normalized spacial score (nSPS) is 28.3. The molecule has 0 aromatic carbocycles. The van der Waals surface area contributed by atoms with Gasteiger partial charge in [-0.1, -0.05) is 26.7 Å². The molecular weight excluding hydrogens is 234 g/mol. The molecule has 0 bridgehead atoms. The van der Waals surface area contributed by atoms with E-state index in [4.69, 9.17) is 0 Å². The highest BCUT2D eigenvalue weighted by molar-refractivity contribution is 7.90. The van der Waals surface area contributed by atoms with Crippen molar-refractivity contribution in [1.29, 1.82) is 0 Å². The van der Waals surface area contributed by atoms with Crippen molar-refractivity contribution in [2.24, 2.45) is 11.8 Å². The third-order valence-electron chi connectivity index (χ3n) is 3.73. The molecule has 3 nitrogen and oxygen atoms in total. The standard InChI is InChI=1S/C13H27NO2S/c1-10(2)12-6-5-7-13(8-12)14-11(3)9-17(4,15)16/h10-14H,5-9H2,1-4H3. The number of sulfone groups is 1. The summed E-state index contributed by atoms with van der Waals surface area (Å²) in [7, 11) is -2.87. The predicted molar refractivity (Wildman–Crippen MR) is 72.9 cm³/mol. The lowest BCUT2D eigenvalue weighted by Gasteiger charge is -2.33. The van der Waals surface area contributed by atoms with Crippen molar-refractivity contribution in [3.63, 3.8) is 0 Å². The van der Waals surface area contributed by atoms with Gasteiger partial charge in [-0.05, 0) is 31.6 Å². The van der Waals surface area contributed by atoms with Crippen molar-refractivity contribution in [3.8, 4) is 0 Å². The summed E-state index contributed by atoms with van der Waals surface area (Å²) >= 11 is 0. The maximum Gasteiger partial charge on any atom is 0.148 e. The Balaban J connectivity index is 2.41. The first-order valence-corrected chi connectivity index (χ1v) is 8.77. The average molecular weight is 261 g/mol. The molecule has 0 aromatic rings. The first kappa shape index (κ1) is 15.0. The van der Waals surface area contributed by atoms with Gasteiger partial charge in [-0.15, -0.1) is 0 Å². The summed E-state index contributed by atoms with van der Waals surface area (Å²) in [5.74, 6) is 1.78. The fourth-order valence-electron chi connectivity index (χ4n) is 2.89. The van der Waals surface area contributed by atoms with Gasteiger partial charge in [0.05, 0.1) is 5.75 Å². The Hall–Kier alpha value is -0.0900. The largest absolute Gasteiger partial charge is 0.310 e. The van der Waals surface area contributed by atoms with Crippen LogP contribution in [0.15, 0.2) is 0 Å². The lowest BCUT2D eigenvalue weighted by molar-refractivity contribution is 0.225. The van der Waals surface area contributed by atoms with E-state index in [0.717, 1.165) is 11.8 Å². The molecule has 1 saturated carbocycles. The molecule has 3 atom stereocenters. The molecule has 1 N–H and O–H groups in total. The van der Waals surface area contributed by atoms with Gasteiger partial charge in [-0.25, -0.2) is 8.42 Å². The zero-order valence-electron chi connectivity index (χ0n) is 11.6. The van der Waals surface area contributed by atoms with Crippen LogP contribution in [0, 0.1) is 11.8 Å². The summed E-state index contributed by atoms with van der Waals surface area (Å²) in [4.78, 5) is 0. The van der Waals surface area contributed by atoms with Gasteiger partial charge < -0.3 is 5.32 Å². The van der Waals surface area contributed by atoms with Crippen LogP contribution in [-0.2, 0) is 9.84 Å². The van der Waals surface area contributed by atoms with E-state index in [9.17, 15) is 8.42 Å². The minimum atomic E-state index is -2.87. The Kier molecular flexibility index (Phi) is 5.45. The van der Waals surface area contributed by atoms with E-state index in [1.807, 2.05) is 6.92 Å². The molecule has 0 radical (unpaired) electrons. The summed E-state index contributed by atoms with van der Waals surface area (Å²) in [5, 5.41) is 3.48. The van der Waals surface area contributed by atoms with Crippen molar-refractivity contribution in [1.82, 2.24) is 5.32 Å². The van der Waals surface area contributed by atoms with E-state index in [-0.39, 0.29) is 11.8 Å². The molecule has 1 aliphatic carbocycles. The van der Waals surface area contributed by atoms with Gasteiger partial charge in [0, 0.05) is 18.3 Å². The summed E-state index contributed by atoms with van der Waals surface area (Å²) in [6, 6.07) is 0.578. The topological polar surface area (TPSA) is 46.2 Å². The van der Waals surface area contributed by atoms with Gasteiger partial charge >= 0.3 is 0 Å². The van der Waals surface area contributed by atoms with E-state index < -0.39 is 9.84 Å². The number of nitrogens with one attached hydrogen (secondary N) is 1. The van der Waals surface area contributed by atoms with Crippen molar-refractivity contribution >= 4 is 9.84 Å². The van der Waals surface area contributed by atoms with Crippen LogP contribution in [0.3, 0.4) is 0 Å². The first-order chi connectivity index (χ1) is 7.78. The molecule has 0 aliphatic heterocycles. The molecule has 0 heterocycles. The quantitative estimate of drug-likeness (QED) is 0.825. The fraction of sp³-hybridized carbons (Fsp3) is 1.00. The predicted octanol–water partition coefficient (Wildman–Crippen LogP) is 2.22.